The Hall–Kier alpha value is -0.830. The summed E-state index contributed by atoms with van der Waals surface area (Å²) in [6, 6.07) is 0. The lowest BCUT2D eigenvalue weighted by atomic mass is 9.89. The van der Waals surface area contributed by atoms with Gasteiger partial charge >= 0.3 is 0 Å². The molecule has 1 heterocycles. The molecule has 2 aliphatic rings. The molecule has 2 aliphatic carbocycles. The maximum atomic E-state index is 4.49. The van der Waals surface area contributed by atoms with Crippen LogP contribution >= 0.6 is 0 Å². The first kappa shape index (κ1) is 12.2. The molecule has 18 heavy (non-hydrogen) atoms. The molecule has 0 aromatic carbocycles. The Balaban J connectivity index is 1.51. The van der Waals surface area contributed by atoms with Gasteiger partial charge in [-0.05, 0) is 50.0 Å². The topological polar surface area (TPSA) is 29.9 Å². The van der Waals surface area contributed by atoms with Crippen LogP contribution in [0, 0.1) is 17.8 Å². The van der Waals surface area contributed by atoms with E-state index < -0.39 is 0 Å². The Labute approximate surface area is 110 Å². The van der Waals surface area contributed by atoms with Gasteiger partial charge in [-0.25, -0.2) is 4.98 Å². The van der Waals surface area contributed by atoms with Crippen molar-refractivity contribution in [2.24, 2.45) is 17.8 Å². The van der Waals surface area contributed by atoms with Gasteiger partial charge in [0, 0.05) is 19.3 Å². The number of nitrogens with one attached hydrogen (secondary N) is 1. The quantitative estimate of drug-likeness (QED) is 0.783. The summed E-state index contributed by atoms with van der Waals surface area (Å²) in [5.41, 5.74) is 1.19. The predicted octanol–water partition coefficient (Wildman–Crippen LogP) is 2.82. The molecular formula is C15H25N3. The normalized spacial score (nSPS) is 30.2. The maximum Gasteiger partial charge on any atom is 0.0950 e. The lowest BCUT2D eigenvalue weighted by Gasteiger charge is -2.21. The van der Waals surface area contributed by atoms with E-state index in [-0.39, 0.29) is 0 Å². The molecule has 0 aliphatic heterocycles. The maximum absolute atomic E-state index is 4.49. The van der Waals surface area contributed by atoms with Crippen LogP contribution in [0.4, 0.5) is 0 Å². The van der Waals surface area contributed by atoms with E-state index in [0.29, 0.717) is 0 Å². The molecule has 3 rings (SSSR count). The molecular weight excluding hydrogens is 222 g/mol. The zero-order valence-electron chi connectivity index (χ0n) is 11.4. The zero-order chi connectivity index (χ0) is 12.4. The molecule has 2 fully saturated rings. The van der Waals surface area contributed by atoms with Crippen molar-refractivity contribution in [1.82, 2.24) is 14.9 Å². The van der Waals surface area contributed by atoms with Gasteiger partial charge in [0.05, 0.1) is 12.0 Å². The van der Waals surface area contributed by atoms with Crippen LogP contribution in [0.3, 0.4) is 0 Å². The standard InChI is InChI=1S/C15H25N3/c1-2-5-16-8-15-10-18(11-17-15)9-14-7-12-3-4-13(14)6-12/h10-14,16H,2-9H2,1H3. The summed E-state index contributed by atoms with van der Waals surface area (Å²) < 4.78 is 2.31. The molecule has 3 atom stereocenters. The first-order chi connectivity index (χ1) is 8.85. The molecule has 0 amide bonds. The van der Waals surface area contributed by atoms with Crippen LogP contribution in [0.15, 0.2) is 12.5 Å². The molecule has 1 N–H and O–H groups in total. The van der Waals surface area contributed by atoms with E-state index >= 15 is 0 Å². The van der Waals surface area contributed by atoms with E-state index in [1.807, 2.05) is 6.33 Å². The number of nitrogens with zero attached hydrogens (tertiary/aromatic N) is 2. The van der Waals surface area contributed by atoms with E-state index in [1.54, 1.807) is 0 Å². The third kappa shape index (κ3) is 2.61. The van der Waals surface area contributed by atoms with Crippen LogP contribution in [0.2, 0.25) is 0 Å². The van der Waals surface area contributed by atoms with Crippen LogP contribution in [0.5, 0.6) is 0 Å². The minimum atomic E-state index is 0.914. The Morgan fingerprint density at radius 3 is 3.06 bits per heavy atom. The average Bonchev–Trinajstić information content (AvgIpc) is 3.06. The monoisotopic (exact) mass is 247 g/mol. The van der Waals surface area contributed by atoms with Gasteiger partial charge in [0.2, 0.25) is 0 Å². The van der Waals surface area contributed by atoms with Gasteiger partial charge in [0.25, 0.3) is 0 Å². The number of hydrogen-bond donors (Lipinski definition) is 1. The molecule has 1 aromatic rings. The molecule has 2 saturated carbocycles. The molecule has 0 saturated heterocycles. The SMILES string of the molecule is CCCNCc1cn(CC2CC3CCC2C3)cn1. The van der Waals surface area contributed by atoms with E-state index in [4.69, 9.17) is 0 Å². The molecule has 3 nitrogen and oxygen atoms in total. The van der Waals surface area contributed by atoms with Gasteiger partial charge in [-0.2, -0.15) is 0 Å². The van der Waals surface area contributed by atoms with Gasteiger partial charge in [-0.3, -0.25) is 0 Å². The second-order valence-corrected chi connectivity index (χ2v) is 6.17. The molecule has 100 valence electrons. The van der Waals surface area contributed by atoms with Crippen molar-refractivity contribution in [3.63, 3.8) is 0 Å². The van der Waals surface area contributed by atoms with Crippen molar-refractivity contribution in [2.75, 3.05) is 6.54 Å². The predicted molar refractivity (Wildman–Crippen MR) is 73.2 cm³/mol. The number of aromatic nitrogens is 2. The van der Waals surface area contributed by atoms with Crippen molar-refractivity contribution >= 4 is 0 Å². The summed E-state index contributed by atoms with van der Waals surface area (Å²) in [6.07, 6.45) is 11.4. The molecule has 3 unspecified atom stereocenters. The fourth-order valence-corrected chi connectivity index (χ4v) is 3.86. The summed E-state index contributed by atoms with van der Waals surface area (Å²) in [5.74, 6) is 2.99. The lowest BCUT2D eigenvalue weighted by molar-refractivity contribution is 0.295. The van der Waals surface area contributed by atoms with Crippen LogP contribution in [0.25, 0.3) is 0 Å². The van der Waals surface area contributed by atoms with Crippen molar-refractivity contribution in [2.45, 2.75) is 52.1 Å². The second kappa shape index (κ2) is 5.43. The zero-order valence-corrected chi connectivity index (χ0v) is 11.4. The van der Waals surface area contributed by atoms with Gasteiger partial charge < -0.3 is 9.88 Å². The Bertz CT molecular complexity index is 385. The summed E-state index contributed by atoms with van der Waals surface area (Å²) in [6.45, 7) is 5.39. The Kier molecular flexibility index (Phi) is 3.69. The highest BCUT2D eigenvalue weighted by molar-refractivity contribution is 4.98. The Morgan fingerprint density at radius 2 is 2.33 bits per heavy atom. The van der Waals surface area contributed by atoms with Crippen molar-refractivity contribution in [3.8, 4) is 0 Å². The highest BCUT2D eigenvalue weighted by Gasteiger charge is 2.39. The van der Waals surface area contributed by atoms with E-state index in [0.717, 1.165) is 30.8 Å². The average molecular weight is 247 g/mol. The van der Waals surface area contributed by atoms with Gasteiger partial charge in [-0.15, -0.1) is 0 Å². The second-order valence-electron chi connectivity index (χ2n) is 6.17. The number of fused-ring (bicyclic) bond motifs is 2. The largest absolute Gasteiger partial charge is 0.337 e. The summed E-state index contributed by atoms with van der Waals surface area (Å²) in [5, 5.41) is 3.41. The van der Waals surface area contributed by atoms with Gasteiger partial charge in [0.1, 0.15) is 0 Å². The molecule has 3 heteroatoms. The Morgan fingerprint density at radius 1 is 1.39 bits per heavy atom. The fraction of sp³-hybridized carbons (Fsp3) is 0.800. The minimum absolute atomic E-state index is 0.914. The fourth-order valence-electron chi connectivity index (χ4n) is 3.86. The van der Waals surface area contributed by atoms with Crippen molar-refractivity contribution in [3.05, 3.63) is 18.2 Å². The number of hydrogen-bond acceptors (Lipinski definition) is 2. The summed E-state index contributed by atoms with van der Waals surface area (Å²) in [7, 11) is 0. The van der Waals surface area contributed by atoms with Crippen molar-refractivity contribution in [1.29, 1.82) is 0 Å². The van der Waals surface area contributed by atoms with Gasteiger partial charge in [-0.1, -0.05) is 13.3 Å². The van der Waals surface area contributed by atoms with Gasteiger partial charge in [0.15, 0.2) is 0 Å². The van der Waals surface area contributed by atoms with E-state index in [2.05, 4.69) is 28.0 Å². The highest BCUT2D eigenvalue weighted by atomic mass is 15.0. The molecule has 0 radical (unpaired) electrons. The van der Waals surface area contributed by atoms with Crippen molar-refractivity contribution < 1.29 is 0 Å². The molecule has 1 aromatic heterocycles. The number of rotatable bonds is 6. The minimum Gasteiger partial charge on any atom is -0.337 e. The van der Waals surface area contributed by atoms with Crippen LogP contribution < -0.4 is 5.32 Å². The summed E-state index contributed by atoms with van der Waals surface area (Å²) >= 11 is 0. The lowest BCUT2D eigenvalue weighted by Crippen LogP contribution is -2.16. The first-order valence-electron chi connectivity index (χ1n) is 7.56. The van der Waals surface area contributed by atoms with E-state index in [9.17, 15) is 0 Å². The third-order valence-corrected chi connectivity index (χ3v) is 4.75. The van der Waals surface area contributed by atoms with Crippen LogP contribution in [-0.2, 0) is 13.1 Å². The van der Waals surface area contributed by atoms with Crippen LogP contribution in [-0.4, -0.2) is 16.1 Å². The van der Waals surface area contributed by atoms with E-state index in [1.165, 1.54) is 44.3 Å². The molecule has 0 spiro atoms. The summed E-state index contributed by atoms with van der Waals surface area (Å²) in [4.78, 5) is 4.49. The number of imidazole rings is 1. The third-order valence-electron chi connectivity index (χ3n) is 4.75. The highest BCUT2D eigenvalue weighted by Crippen LogP contribution is 2.48. The molecule has 2 bridgehead atoms. The first-order valence-corrected chi connectivity index (χ1v) is 7.56. The van der Waals surface area contributed by atoms with Crippen LogP contribution in [0.1, 0.15) is 44.7 Å². The smallest absolute Gasteiger partial charge is 0.0950 e.